The number of ether oxygens (including phenoxy) is 1. The Morgan fingerprint density at radius 2 is 2.24 bits per heavy atom. The second-order valence-electron chi connectivity index (χ2n) is 5.07. The Bertz CT molecular complexity index is 511. The molecule has 1 aromatic heterocycles. The standard InChI is InChI=1S/C14H20N2O4S/c1-3-16(8-12(17)18)10-6-9(7-10)15-14(19)13-11(20-2)4-5-21-13/h4-5,9-10H,3,6-8H2,1-2H3,(H,15,19)(H,17,18). The Labute approximate surface area is 127 Å². The van der Waals surface area contributed by atoms with E-state index in [1.165, 1.54) is 11.3 Å². The topological polar surface area (TPSA) is 78.9 Å². The van der Waals surface area contributed by atoms with Crippen LogP contribution in [0.25, 0.3) is 0 Å². The quantitative estimate of drug-likeness (QED) is 0.796. The molecule has 0 bridgehead atoms. The van der Waals surface area contributed by atoms with E-state index >= 15 is 0 Å². The number of aliphatic carboxylic acids is 1. The van der Waals surface area contributed by atoms with Crippen molar-refractivity contribution >= 4 is 23.2 Å². The Morgan fingerprint density at radius 3 is 2.81 bits per heavy atom. The van der Waals surface area contributed by atoms with Crippen molar-refractivity contribution in [2.24, 2.45) is 0 Å². The smallest absolute Gasteiger partial charge is 0.317 e. The zero-order valence-electron chi connectivity index (χ0n) is 12.2. The van der Waals surface area contributed by atoms with Crippen LogP contribution in [-0.4, -0.2) is 54.2 Å². The SMILES string of the molecule is CCN(CC(=O)O)C1CC(NC(=O)c2sccc2OC)C1. The van der Waals surface area contributed by atoms with E-state index in [-0.39, 0.29) is 24.5 Å². The van der Waals surface area contributed by atoms with Gasteiger partial charge in [-0.15, -0.1) is 11.3 Å². The van der Waals surface area contributed by atoms with E-state index in [0.29, 0.717) is 17.2 Å². The van der Waals surface area contributed by atoms with Gasteiger partial charge >= 0.3 is 5.97 Å². The molecule has 0 atom stereocenters. The molecule has 6 nitrogen and oxygen atoms in total. The summed E-state index contributed by atoms with van der Waals surface area (Å²) in [6.45, 7) is 2.71. The van der Waals surface area contributed by atoms with Crippen molar-refractivity contribution < 1.29 is 19.4 Å². The lowest BCUT2D eigenvalue weighted by molar-refractivity contribution is -0.139. The first kappa shape index (κ1) is 15.8. The molecule has 0 spiro atoms. The Balaban J connectivity index is 1.82. The van der Waals surface area contributed by atoms with E-state index < -0.39 is 5.97 Å². The summed E-state index contributed by atoms with van der Waals surface area (Å²) in [6, 6.07) is 2.12. The van der Waals surface area contributed by atoms with Crippen LogP contribution in [0.2, 0.25) is 0 Å². The Hall–Kier alpha value is -1.60. The van der Waals surface area contributed by atoms with E-state index in [1.54, 1.807) is 13.2 Å². The molecular formula is C14H20N2O4S. The Kier molecular flexibility index (Phi) is 5.19. The summed E-state index contributed by atoms with van der Waals surface area (Å²) in [4.78, 5) is 25.4. The Morgan fingerprint density at radius 1 is 1.52 bits per heavy atom. The van der Waals surface area contributed by atoms with Gasteiger partial charge in [0.15, 0.2) is 0 Å². The molecule has 1 fully saturated rings. The van der Waals surface area contributed by atoms with E-state index in [0.717, 1.165) is 12.8 Å². The molecule has 1 aliphatic rings. The monoisotopic (exact) mass is 312 g/mol. The molecule has 0 radical (unpaired) electrons. The average molecular weight is 312 g/mol. The van der Waals surface area contributed by atoms with Crippen LogP contribution in [0.1, 0.15) is 29.4 Å². The van der Waals surface area contributed by atoms with Gasteiger partial charge in [-0.2, -0.15) is 0 Å². The van der Waals surface area contributed by atoms with Crippen LogP contribution in [0.5, 0.6) is 5.75 Å². The molecule has 0 saturated heterocycles. The molecule has 0 unspecified atom stereocenters. The van der Waals surface area contributed by atoms with Gasteiger partial charge in [0.25, 0.3) is 5.91 Å². The number of nitrogens with zero attached hydrogens (tertiary/aromatic N) is 1. The normalized spacial score (nSPS) is 20.9. The van der Waals surface area contributed by atoms with Gasteiger partial charge in [-0.05, 0) is 30.8 Å². The second kappa shape index (κ2) is 6.91. The molecule has 1 aliphatic carbocycles. The number of likely N-dealkylation sites (N-methyl/N-ethyl adjacent to an activating group) is 1. The highest BCUT2D eigenvalue weighted by atomic mass is 32.1. The van der Waals surface area contributed by atoms with Gasteiger partial charge in [-0.1, -0.05) is 6.92 Å². The van der Waals surface area contributed by atoms with Crippen LogP contribution in [0.15, 0.2) is 11.4 Å². The van der Waals surface area contributed by atoms with Gasteiger partial charge in [-0.25, -0.2) is 0 Å². The number of amides is 1. The van der Waals surface area contributed by atoms with Crippen LogP contribution in [-0.2, 0) is 4.79 Å². The third kappa shape index (κ3) is 3.74. The minimum absolute atomic E-state index is 0.0561. The van der Waals surface area contributed by atoms with Gasteiger partial charge in [0.2, 0.25) is 0 Å². The maximum Gasteiger partial charge on any atom is 0.317 e. The minimum Gasteiger partial charge on any atom is -0.495 e. The van der Waals surface area contributed by atoms with Gasteiger partial charge < -0.3 is 15.2 Å². The average Bonchev–Trinajstić information content (AvgIpc) is 2.88. The summed E-state index contributed by atoms with van der Waals surface area (Å²) in [5.74, 6) is -0.339. The number of hydrogen-bond donors (Lipinski definition) is 2. The van der Waals surface area contributed by atoms with Crippen LogP contribution in [0.3, 0.4) is 0 Å². The molecule has 1 amide bonds. The van der Waals surface area contributed by atoms with Crippen molar-refractivity contribution in [3.05, 3.63) is 16.3 Å². The predicted octanol–water partition coefficient (Wildman–Crippen LogP) is 1.42. The number of hydrogen-bond acceptors (Lipinski definition) is 5. The lowest BCUT2D eigenvalue weighted by Gasteiger charge is -2.42. The fourth-order valence-electron chi connectivity index (χ4n) is 2.55. The van der Waals surface area contributed by atoms with Gasteiger partial charge in [-0.3, -0.25) is 14.5 Å². The molecule has 21 heavy (non-hydrogen) atoms. The van der Waals surface area contributed by atoms with E-state index in [9.17, 15) is 9.59 Å². The summed E-state index contributed by atoms with van der Waals surface area (Å²) < 4.78 is 5.14. The van der Waals surface area contributed by atoms with Gasteiger partial charge in [0.1, 0.15) is 10.6 Å². The zero-order valence-corrected chi connectivity index (χ0v) is 13.0. The molecule has 1 heterocycles. The van der Waals surface area contributed by atoms with Crippen molar-refractivity contribution in [3.63, 3.8) is 0 Å². The first-order valence-electron chi connectivity index (χ1n) is 6.93. The summed E-state index contributed by atoms with van der Waals surface area (Å²) >= 11 is 1.35. The van der Waals surface area contributed by atoms with Crippen molar-refractivity contribution in [3.8, 4) is 5.75 Å². The highest BCUT2D eigenvalue weighted by Gasteiger charge is 2.35. The molecule has 2 rings (SSSR count). The van der Waals surface area contributed by atoms with E-state index in [4.69, 9.17) is 9.84 Å². The molecule has 0 aromatic carbocycles. The van der Waals surface area contributed by atoms with E-state index in [2.05, 4.69) is 5.32 Å². The highest BCUT2D eigenvalue weighted by molar-refractivity contribution is 7.12. The van der Waals surface area contributed by atoms with Crippen LogP contribution in [0.4, 0.5) is 0 Å². The fraction of sp³-hybridized carbons (Fsp3) is 0.571. The number of carbonyl (C=O) groups is 2. The van der Waals surface area contributed by atoms with Crippen LogP contribution < -0.4 is 10.1 Å². The third-order valence-corrected chi connectivity index (χ3v) is 4.66. The summed E-state index contributed by atoms with van der Waals surface area (Å²) in [5, 5.41) is 13.6. The lowest BCUT2D eigenvalue weighted by Crippen LogP contribution is -2.54. The molecule has 2 N–H and O–H groups in total. The predicted molar refractivity (Wildman–Crippen MR) is 80.0 cm³/mol. The number of carboxylic acid groups (broad SMARTS) is 1. The summed E-state index contributed by atoms with van der Waals surface area (Å²) in [6.07, 6.45) is 1.58. The maximum absolute atomic E-state index is 12.1. The van der Waals surface area contributed by atoms with E-state index in [1.807, 2.05) is 17.2 Å². The van der Waals surface area contributed by atoms with Crippen molar-refractivity contribution in [2.75, 3.05) is 20.2 Å². The number of nitrogens with one attached hydrogen (secondary N) is 1. The maximum atomic E-state index is 12.1. The molecule has 0 aliphatic heterocycles. The first-order chi connectivity index (χ1) is 10.0. The first-order valence-corrected chi connectivity index (χ1v) is 7.81. The number of rotatable bonds is 7. The van der Waals surface area contributed by atoms with Crippen molar-refractivity contribution in [1.82, 2.24) is 10.2 Å². The second-order valence-corrected chi connectivity index (χ2v) is 5.99. The molecule has 1 saturated carbocycles. The minimum atomic E-state index is -0.812. The molecular weight excluding hydrogens is 292 g/mol. The largest absolute Gasteiger partial charge is 0.495 e. The van der Waals surface area contributed by atoms with Crippen LogP contribution >= 0.6 is 11.3 Å². The summed E-state index contributed by atoms with van der Waals surface area (Å²) in [5.41, 5.74) is 0. The number of methoxy groups -OCH3 is 1. The summed E-state index contributed by atoms with van der Waals surface area (Å²) in [7, 11) is 1.54. The molecule has 7 heteroatoms. The van der Waals surface area contributed by atoms with Gasteiger partial charge in [0.05, 0.1) is 13.7 Å². The van der Waals surface area contributed by atoms with Gasteiger partial charge in [0, 0.05) is 12.1 Å². The number of carbonyl (C=O) groups excluding carboxylic acids is 1. The number of carboxylic acids is 1. The fourth-order valence-corrected chi connectivity index (χ4v) is 3.31. The lowest BCUT2D eigenvalue weighted by atomic mass is 9.85. The number of thiophene rings is 1. The van der Waals surface area contributed by atoms with Crippen LogP contribution in [0, 0.1) is 0 Å². The van der Waals surface area contributed by atoms with Crippen molar-refractivity contribution in [2.45, 2.75) is 31.8 Å². The third-order valence-electron chi connectivity index (χ3n) is 3.76. The van der Waals surface area contributed by atoms with Crippen molar-refractivity contribution in [1.29, 1.82) is 0 Å². The molecule has 1 aromatic rings. The zero-order chi connectivity index (χ0) is 15.4. The highest BCUT2D eigenvalue weighted by Crippen LogP contribution is 2.28. The molecule has 116 valence electrons.